The van der Waals surface area contributed by atoms with Gasteiger partial charge >= 0.3 is 12.1 Å². The van der Waals surface area contributed by atoms with Crippen molar-refractivity contribution in [3.63, 3.8) is 0 Å². The Morgan fingerprint density at radius 1 is 1.23 bits per heavy atom. The number of halogens is 2. The normalized spacial score (nSPS) is 21.3. The number of hydrogen-bond donors (Lipinski definition) is 0. The second kappa shape index (κ2) is 7.51. The van der Waals surface area contributed by atoms with Crippen LogP contribution in [0.1, 0.15) is 39.2 Å². The summed E-state index contributed by atoms with van der Waals surface area (Å²) in [7, 11) is 1.47. The predicted octanol–water partition coefficient (Wildman–Crippen LogP) is 4.44. The molecular formula is C21H26BrFN4O3. The number of fused-ring (bicyclic) bond motifs is 3. The second-order valence-corrected chi connectivity index (χ2v) is 9.72. The van der Waals surface area contributed by atoms with E-state index in [-0.39, 0.29) is 29.7 Å². The van der Waals surface area contributed by atoms with Gasteiger partial charge in [0.25, 0.3) is 0 Å². The quantitative estimate of drug-likeness (QED) is 0.632. The van der Waals surface area contributed by atoms with Gasteiger partial charge in [0, 0.05) is 18.5 Å². The van der Waals surface area contributed by atoms with Crippen molar-refractivity contribution in [3.8, 4) is 6.01 Å². The molecule has 1 amide bonds. The molecule has 1 aromatic carbocycles. The summed E-state index contributed by atoms with van der Waals surface area (Å²) in [6, 6.07) is 2.06. The van der Waals surface area contributed by atoms with E-state index in [1.807, 2.05) is 38.7 Å². The number of hydrogen-bond acceptors (Lipinski definition) is 6. The van der Waals surface area contributed by atoms with E-state index in [1.165, 1.54) is 7.11 Å². The van der Waals surface area contributed by atoms with Gasteiger partial charge in [-0.05, 0) is 68.1 Å². The summed E-state index contributed by atoms with van der Waals surface area (Å²) in [4.78, 5) is 25.5. The Morgan fingerprint density at radius 2 is 1.87 bits per heavy atom. The first-order valence-electron chi connectivity index (χ1n) is 10.1. The van der Waals surface area contributed by atoms with Gasteiger partial charge in [0.1, 0.15) is 16.9 Å². The van der Waals surface area contributed by atoms with Gasteiger partial charge in [0.15, 0.2) is 5.82 Å². The fourth-order valence-corrected chi connectivity index (χ4v) is 4.62. The lowest BCUT2D eigenvalue weighted by Crippen LogP contribution is -2.57. The molecule has 2 fully saturated rings. The molecule has 0 saturated carbocycles. The molecule has 2 saturated heterocycles. The standard InChI is InChI=1S/C21H26BrFN4O3/c1-11-8-14-17(16(23)15(11)22)24-19(29-5)25-18(14)26-9-12-6-7-13(10-26)27(12)20(28)30-21(2,3)4/h8,12-13H,6-7,9-10H2,1-5H3. The molecule has 0 spiro atoms. The summed E-state index contributed by atoms with van der Waals surface area (Å²) in [6.07, 6.45) is 1.53. The molecule has 162 valence electrons. The molecule has 1 aromatic heterocycles. The average Bonchev–Trinajstić information content (AvgIpc) is 2.94. The summed E-state index contributed by atoms with van der Waals surface area (Å²) in [5.41, 5.74) is 0.452. The van der Waals surface area contributed by atoms with Crippen LogP contribution in [-0.2, 0) is 4.74 Å². The highest BCUT2D eigenvalue weighted by Gasteiger charge is 2.45. The van der Waals surface area contributed by atoms with Crippen molar-refractivity contribution in [1.82, 2.24) is 14.9 Å². The number of rotatable bonds is 2. The van der Waals surface area contributed by atoms with Crippen molar-refractivity contribution in [2.75, 3.05) is 25.1 Å². The summed E-state index contributed by atoms with van der Waals surface area (Å²) in [5, 5.41) is 0.638. The third-order valence-electron chi connectivity index (χ3n) is 5.58. The lowest BCUT2D eigenvalue weighted by Gasteiger charge is -2.42. The molecular weight excluding hydrogens is 455 g/mol. The van der Waals surface area contributed by atoms with Crippen LogP contribution >= 0.6 is 15.9 Å². The number of carbonyl (C=O) groups is 1. The smallest absolute Gasteiger partial charge is 0.410 e. The maximum Gasteiger partial charge on any atom is 0.410 e. The van der Waals surface area contributed by atoms with Crippen LogP contribution in [0.3, 0.4) is 0 Å². The molecule has 2 aliphatic rings. The van der Waals surface area contributed by atoms with Gasteiger partial charge < -0.3 is 14.4 Å². The van der Waals surface area contributed by atoms with Crippen LogP contribution in [0.25, 0.3) is 10.9 Å². The average molecular weight is 481 g/mol. The second-order valence-electron chi connectivity index (χ2n) is 8.93. The lowest BCUT2D eigenvalue weighted by atomic mass is 10.1. The largest absolute Gasteiger partial charge is 0.467 e. The number of ether oxygens (including phenoxy) is 2. The van der Waals surface area contributed by atoms with E-state index >= 15 is 0 Å². The van der Waals surface area contributed by atoms with Crippen LogP contribution in [0, 0.1) is 12.7 Å². The fourth-order valence-electron chi connectivity index (χ4n) is 4.32. The van der Waals surface area contributed by atoms with Gasteiger partial charge in [0.05, 0.1) is 23.7 Å². The minimum atomic E-state index is -0.535. The third-order valence-corrected chi connectivity index (χ3v) is 6.55. The Bertz CT molecular complexity index is 996. The van der Waals surface area contributed by atoms with E-state index in [2.05, 4.69) is 30.8 Å². The number of anilines is 1. The number of aromatic nitrogens is 2. The number of piperazine rings is 1. The van der Waals surface area contributed by atoms with E-state index in [1.54, 1.807) is 0 Å². The van der Waals surface area contributed by atoms with Gasteiger partial charge in [-0.3, -0.25) is 4.90 Å². The van der Waals surface area contributed by atoms with Crippen molar-refractivity contribution in [2.24, 2.45) is 0 Å². The van der Waals surface area contributed by atoms with E-state index in [0.717, 1.165) is 18.4 Å². The van der Waals surface area contributed by atoms with E-state index in [4.69, 9.17) is 9.47 Å². The molecule has 2 atom stereocenters. The number of methoxy groups -OCH3 is 1. The molecule has 2 unspecified atom stereocenters. The highest BCUT2D eigenvalue weighted by Crippen LogP contribution is 2.38. The molecule has 4 rings (SSSR count). The minimum absolute atomic E-state index is 0.0241. The molecule has 0 aliphatic carbocycles. The van der Waals surface area contributed by atoms with Crippen LogP contribution in [0.5, 0.6) is 6.01 Å². The van der Waals surface area contributed by atoms with Crippen LogP contribution in [-0.4, -0.2) is 58.8 Å². The SMILES string of the molecule is COc1nc(N2CC3CCC(C2)N3C(=O)OC(C)(C)C)c2cc(C)c(Br)c(F)c2n1. The summed E-state index contributed by atoms with van der Waals surface area (Å²) < 4.78 is 26.2. The summed E-state index contributed by atoms with van der Waals surface area (Å²) in [6.45, 7) is 8.65. The fraction of sp³-hybridized carbons (Fsp3) is 0.571. The van der Waals surface area contributed by atoms with Crippen LogP contribution < -0.4 is 9.64 Å². The lowest BCUT2D eigenvalue weighted by molar-refractivity contribution is 0.0123. The third kappa shape index (κ3) is 3.68. The molecule has 2 aromatic rings. The first-order valence-corrected chi connectivity index (χ1v) is 10.8. The molecule has 9 heteroatoms. The highest BCUT2D eigenvalue weighted by atomic mass is 79.9. The maximum atomic E-state index is 14.9. The molecule has 30 heavy (non-hydrogen) atoms. The first-order chi connectivity index (χ1) is 14.1. The number of nitrogens with zero attached hydrogens (tertiary/aromatic N) is 4. The van der Waals surface area contributed by atoms with Gasteiger partial charge in [-0.1, -0.05) is 0 Å². The van der Waals surface area contributed by atoms with Crippen LogP contribution in [0.2, 0.25) is 0 Å². The van der Waals surface area contributed by atoms with Crippen molar-refractivity contribution in [3.05, 3.63) is 21.9 Å². The van der Waals surface area contributed by atoms with E-state index in [9.17, 15) is 9.18 Å². The summed E-state index contributed by atoms with van der Waals surface area (Å²) in [5.74, 6) is 0.203. The van der Waals surface area contributed by atoms with Crippen LogP contribution in [0.15, 0.2) is 10.5 Å². The van der Waals surface area contributed by atoms with Crippen molar-refractivity contribution in [2.45, 2.75) is 58.2 Å². The monoisotopic (exact) mass is 480 g/mol. The number of benzene rings is 1. The highest BCUT2D eigenvalue weighted by molar-refractivity contribution is 9.10. The summed E-state index contributed by atoms with van der Waals surface area (Å²) >= 11 is 3.30. The molecule has 2 bridgehead atoms. The first kappa shape index (κ1) is 21.1. The van der Waals surface area contributed by atoms with Crippen molar-refractivity contribution >= 4 is 38.7 Å². The Hall–Kier alpha value is -2.16. The number of aryl methyl sites for hydroxylation is 1. The van der Waals surface area contributed by atoms with E-state index < -0.39 is 11.4 Å². The van der Waals surface area contributed by atoms with Gasteiger partial charge in [-0.2, -0.15) is 9.97 Å². The zero-order chi connectivity index (χ0) is 21.8. The Kier molecular flexibility index (Phi) is 5.28. The molecule has 0 N–H and O–H groups in total. The molecule has 0 radical (unpaired) electrons. The van der Waals surface area contributed by atoms with E-state index in [0.29, 0.717) is 28.8 Å². The molecule has 7 nitrogen and oxygen atoms in total. The van der Waals surface area contributed by atoms with Gasteiger partial charge in [0.2, 0.25) is 0 Å². The number of carbonyl (C=O) groups excluding carboxylic acids is 1. The topological polar surface area (TPSA) is 67.8 Å². The zero-order valence-electron chi connectivity index (χ0n) is 17.8. The zero-order valence-corrected chi connectivity index (χ0v) is 19.4. The maximum absolute atomic E-state index is 14.9. The molecule has 2 aliphatic heterocycles. The Balaban J connectivity index is 1.70. The Labute approximate surface area is 183 Å². The van der Waals surface area contributed by atoms with Gasteiger partial charge in [-0.25, -0.2) is 9.18 Å². The van der Waals surface area contributed by atoms with Crippen molar-refractivity contribution in [1.29, 1.82) is 0 Å². The predicted molar refractivity (Wildman–Crippen MR) is 116 cm³/mol. The van der Waals surface area contributed by atoms with Crippen molar-refractivity contribution < 1.29 is 18.7 Å². The molecule has 3 heterocycles. The van der Waals surface area contributed by atoms with Gasteiger partial charge in [-0.15, -0.1) is 0 Å². The minimum Gasteiger partial charge on any atom is -0.467 e. The number of amides is 1. The van der Waals surface area contributed by atoms with Crippen LogP contribution in [0.4, 0.5) is 15.0 Å². The Morgan fingerprint density at radius 3 is 2.43 bits per heavy atom.